The molecule has 0 saturated heterocycles. The Labute approximate surface area is 144 Å². The molecule has 2 nitrogen and oxygen atoms in total. The number of para-hydroxylation sites is 1. The Hall–Kier alpha value is -2.09. The van der Waals surface area contributed by atoms with Gasteiger partial charge in [0.1, 0.15) is 11.5 Å². The van der Waals surface area contributed by atoms with Crippen molar-refractivity contribution in [3.8, 4) is 5.75 Å². The largest absolute Gasteiger partial charge is 0.494 e. The molecule has 0 spiro atoms. The quantitative estimate of drug-likeness (QED) is 0.639. The van der Waals surface area contributed by atoms with Crippen molar-refractivity contribution in [2.24, 2.45) is 5.92 Å². The highest BCUT2D eigenvalue weighted by atomic mass is 16.5. The number of hydrogen-bond acceptors (Lipinski definition) is 2. The van der Waals surface area contributed by atoms with E-state index in [1.807, 2.05) is 36.4 Å². The number of ketones is 1. The van der Waals surface area contributed by atoms with Crippen LogP contribution >= 0.6 is 0 Å². The molecule has 0 N–H and O–H groups in total. The molecule has 0 bridgehead atoms. The normalized spacial score (nSPS) is 20.8. The molecule has 0 aromatic heterocycles. The van der Waals surface area contributed by atoms with Gasteiger partial charge in [-0.3, -0.25) is 4.79 Å². The topological polar surface area (TPSA) is 26.3 Å². The van der Waals surface area contributed by atoms with Gasteiger partial charge in [-0.2, -0.15) is 0 Å². The molecule has 1 aliphatic carbocycles. The summed E-state index contributed by atoms with van der Waals surface area (Å²) in [5.74, 6) is 2.32. The zero-order valence-electron chi connectivity index (χ0n) is 14.2. The van der Waals surface area contributed by atoms with Gasteiger partial charge in [0.05, 0.1) is 6.61 Å². The second kappa shape index (κ2) is 8.68. The summed E-state index contributed by atoms with van der Waals surface area (Å²) in [5.41, 5.74) is 1.32. The maximum absolute atomic E-state index is 12.1. The Morgan fingerprint density at radius 1 is 0.875 bits per heavy atom. The number of ether oxygens (including phenoxy) is 1. The van der Waals surface area contributed by atoms with Gasteiger partial charge in [-0.15, -0.1) is 0 Å². The van der Waals surface area contributed by atoms with Gasteiger partial charge in [0.25, 0.3) is 0 Å². The fourth-order valence-electron chi connectivity index (χ4n) is 3.69. The first kappa shape index (κ1) is 16.8. The summed E-state index contributed by atoms with van der Waals surface area (Å²) in [6.45, 7) is 0.757. The number of Topliss-reactive ketones (excluding diaryl/α,β-unsaturated/α-hetero) is 1. The predicted octanol–water partition coefficient (Wildman–Crippen LogP) is 5.39. The number of hydrogen-bond donors (Lipinski definition) is 0. The van der Waals surface area contributed by atoms with Crippen molar-refractivity contribution in [2.45, 2.75) is 44.4 Å². The lowest BCUT2D eigenvalue weighted by molar-refractivity contribution is -0.122. The van der Waals surface area contributed by atoms with E-state index in [0.29, 0.717) is 17.6 Å². The van der Waals surface area contributed by atoms with Gasteiger partial charge >= 0.3 is 0 Å². The zero-order chi connectivity index (χ0) is 16.6. The molecule has 0 amide bonds. The molecule has 0 aliphatic heterocycles. The van der Waals surface area contributed by atoms with Crippen molar-refractivity contribution in [3.05, 3.63) is 66.2 Å². The van der Waals surface area contributed by atoms with E-state index in [0.717, 1.165) is 50.9 Å². The van der Waals surface area contributed by atoms with Crippen LogP contribution in [0, 0.1) is 5.92 Å². The van der Waals surface area contributed by atoms with Crippen LogP contribution in [0.2, 0.25) is 0 Å². The lowest BCUT2D eigenvalue weighted by Gasteiger charge is -2.28. The smallest absolute Gasteiger partial charge is 0.133 e. The van der Waals surface area contributed by atoms with E-state index in [1.165, 1.54) is 5.56 Å². The third kappa shape index (κ3) is 4.95. The Morgan fingerprint density at radius 3 is 2.33 bits per heavy atom. The summed E-state index contributed by atoms with van der Waals surface area (Å²) in [5, 5.41) is 0. The van der Waals surface area contributed by atoms with Crippen molar-refractivity contribution in [1.29, 1.82) is 0 Å². The number of carbonyl (C=O) groups is 1. The minimum atomic E-state index is 0.415. The van der Waals surface area contributed by atoms with Gasteiger partial charge < -0.3 is 4.74 Å². The Morgan fingerprint density at radius 2 is 1.58 bits per heavy atom. The van der Waals surface area contributed by atoms with Crippen molar-refractivity contribution in [3.63, 3.8) is 0 Å². The third-order valence-corrected chi connectivity index (χ3v) is 4.90. The first-order valence-electron chi connectivity index (χ1n) is 9.06. The summed E-state index contributed by atoms with van der Waals surface area (Å²) in [7, 11) is 0. The molecule has 1 unspecified atom stereocenters. The maximum atomic E-state index is 12.1. The van der Waals surface area contributed by atoms with E-state index in [-0.39, 0.29) is 0 Å². The second-order valence-electron chi connectivity index (χ2n) is 6.81. The van der Waals surface area contributed by atoms with Gasteiger partial charge in [0.15, 0.2) is 0 Å². The average molecular weight is 322 g/mol. The molecule has 0 heterocycles. The fraction of sp³-hybridized carbons (Fsp3) is 0.409. The summed E-state index contributed by atoms with van der Waals surface area (Å²) in [4.78, 5) is 12.1. The molecule has 0 radical (unpaired) electrons. The van der Waals surface area contributed by atoms with Gasteiger partial charge in [0, 0.05) is 12.8 Å². The molecule has 2 aromatic rings. The minimum absolute atomic E-state index is 0.415. The lowest BCUT2D eigenvalue weighted by Crippen LogP contribution is -2.21. The van der Waals surface area contributed by atoms with Gasteiger partial charge in [-0.1, -0.05) is 48.5 Å². The Balaban J connectivity index is 1.41. The van der Waals surface area contributed by atoms with E-state index in [1.54, 1.807) is 0 Å². The monoisotopic (exact) mass is 322 g/mol. The van der Waals surface area contributed by atoms with Crippen LogP contribution in [0.5, 0.6) is 5.75 Å². The second-order valence-corrected chi connectivity index (χ2v) is 6.81. The van der Waals surface area contributed by atoms with Crippen molar-refractivity contribution in [2.75, 3.05) is 6.61 Å². The van der Waals surface area contributed by atoms with Gasteiger partial charge in [-0.05, 0) is 55.2 Å². The molecule has 3 rings (SSSR count). The first-order valence-corrected chi connectivity index (χ1v) is 9.06. The van der Waals surface area contributed by atoms with Gasteiger partial charge in [0.2, 0.25) is 0 Å². The van der Waals surface area contributed by atoms with Crippen LogP contribution in [0.3, 0.4) is 0 Å². The van der Waals surface area contributed by atoms with Crippen LogP contribution in [-0.4, -0.2) is 12.4 Å². The van der Waals surface area contributed by atoms with Crippen molar-refractivity contribution in [1.82, 2.24) is 0 Å². The van der Waals surface area contributed by atoms with Crippen molar-refractivity contribution >= 4 is 5.78 Å². The summed E-state index contributed by atoms with van der Waals surface area (Å²) in [6.07, 6.45) is 5.95. The zero-order valence-corrected chi connectivity index (χ0v) is 14.2. The molecule has 24 heavy (non-hydrogen) atoms. The van der Waals surface area contributed by atoms with Crippen LogP contribution in [0.4, 0.5) is 0 Å². The highest BCUT2D eigenvalue weighted by molar-refractivity contribution is 5.80. The van der Waals surface area contributed by atoms with E-state index < -0.39 is 0 Å². The summed E-state index contributed by atoms with van der Waals surface area (Å²) >= 11 is 0. The van der Waals surface area contributed by atoms with Crippen LogP contribution in [0.25, 0.3) is 0 Å². The van der Waals surface area contributed by atoms with E-state index >= 15 is 0 Å². The molecule has 2 heteroatoms. The van der Waals surface area contributed by atoms with E-state index in [2.05, 4.69) is 24.3 Å². The molecular formula is C22H26O2. The van der Waals surface area contributed by atoms with Crippen LogP contribution in [-0.2, 0) is 4.79 Å². The summed E-state index contributed by atoms with van der Waals surface area (Å²) in [6, 6.07) is 20.5. The number of rotatable bonds is 7. The lowest BCUT2D eigenvalue weighted by atomic mass is 9.75. The molecule has 2 atom stereocenters. The highest BCUT2D eigenvalue weighted by Gasteiger charge is 2.27. The molecule has 1 aliphatic rings. The Kier molecular flexibility index (Phi) is 6.06. The molecule has 126 valence electrons. The van der Waals surface area contributed by atoms with Crippen molar-refractivity contribution < 1.29 is 9.53 Å². The van der Waals surface area contributed by atoms with E-state index in [4.69, 9.17) is 4.74 Å². The highest BCUT2D eigenvalue weighted by Crippen LogP contribution is 2.36. The molecule has 2 aromatic carbocycles. The number of unbranched alkanes of at least 4 members (excludes halogenated alkanes) is 1. The average Bonchev–Trinajstić information content (AvgIpc) is 2.63. The fourth-order valence-corrected chi connectivity index (χ4v) is 3.69. The third-order valence-electron chi connectivity index (χ3n) is 4.90. The van der Waals surface area contributed by atoms with Crippen LogP contribution < -0.4 is 4.74 Å². The number of carbonyl (C=O) groups excluding carboxylic acids is 1. The first-order chi connectivity index (χ1) is 11.8. The van der Waals surface area contributed by atoms with Gasteiger partial charge in [-0.25, -0.2) is 0 Å². The summed E-state index contributed by atoms with van der Waals surface area (Å²) < 4.78 is 5.74. The van der Waals surface area contributed by atoms with Crippen LogP contribution in [0.1, 0.15) is 50.0 Å². The molecule has 1 saturated carbocycles. The minimum Gasteiger partial charge on any atom is -0.494 e. The molecule has 1 fully saturated rings. The SMILES string of the molecule is O=C1CC(c2ccccc2)C[C@H](CCCCOc2ccccc2)C1. The number of benzene rings is 2. The maximum Gasteiger partial charge on any atom is 0.133 e. The van der Waals surface area contributed by atoms with E-state index in [9.17, 15) is 4.79 Å². The predicted molar refractivity (Wildman–Crippen MR) is 97.3 cm³/mol. The van der Waals surface area contributed by atoms with Crippen LogP contribution in [0.15, 0.2) is 60.7 Å². The molecular weight excluding hydrogens is 296 g/mol. The Bertz CT molecular complexity index is 621. The standard InChI is InChI=1S/C22H26O2/c23-21-16-18(15-20(17-21)19-10-3-1-4-11-19)9-7-8-14-24-22-12-5-2-6-13-22/h1-6,10-13,18,20H,7-9,14-17H2/t18-,20?/m0/s1.